The van der Waals surface area contributed by atoms with Crippen LogP contribution in [-0.4, -0.2) is 10.5 Å². The summed E-state index contributed by atoms with van der Waals surface area (Å²) in [5.41, 5.74) is 1.87. The highest BCUT2D eigenvalue weighted by Crippen LogP contribution is 2.49. The second-order valence-electron chi connectivity index (χ2n) is 6.15. The first-order chi connectivity index (χ1) is 11.5. The molecule has 0 atom stereocenters. The number of carbonyl (C=O) groups is 1. The van der Waals surface area contributed by atoms with E-state index in [1.54, 1.807) is 37.4 Å². The monoisotopic (exact) mass is 326 g/mol. The van der Waals surface area contributed by atoms with Crippen LogP contribution in [0, 0.1) is 5.82 Å². The Morgan fingerprint density at radius 2 is 1.92 bits per heavy atom. The number of rotatable bonds is 3. The van der Waals surface area contributed by atoms with E-state index in [1.807, 2.05) is 0 Å². The number of hydrogen-bond donors (Lipinski definition) is 1. The zero-order valence-electron chi connectivity index (χ0n) is 13.0. The molecule has 0 bridgehead atoms. The van der Waals surface area contributed by atoms with Crippen molar-refractivity contribution in [3.8, 4) is 0 Å². The number of nitrogens with zero attached hydrogens (tertiary/aromatic N) is 1. The number of amides is 1. The van der Waals surface area contributed by atoms with Crippen LogP contribution in [0.15, 0.2) is 51.7 Å². The van der Waals surface area contributed by atoms with E-state index in [4.69, 9.17) is 4.42 Å². The molecule has 1 N–H and O–H groups in total. The summed E-state index contributed by atoms with van der Waals surface area (Å²) in [4.78, 5) is 24.2. The Morgan fingerprint density at radius 3 is 2.58 bits per heavy atom. The molecule has 1 heterocycles. The number of halogens is 1. The molecular weight excluding hydrogens is 311 g/mol. The quantitative estimate of drug-likeness (QED) is 0.805. The normalized spacial score (nSPS) is 15.4. The minimum absolute atomic E-state index is 0.133. The summed E-state index contributed by atoms with van der Waals surface area (Å²) in [5, 5.41) is 2.87. The molecule has 122 valence electrons. The molecule has 1 aliphatic rings. The standard InChI is InChI=1S/C18H15FN2O3/c1-21-14-7-6-13(10-15(14)24-17(21)23)20-16(22)18(8-9-18)11-2-4-12(19)5-3-11/h2-7,10H,8-9H2,1H3,(H,20,22). The zero-order valence-corrected chi connectivity index (χ0v) is 13.0. The Labute approximate surface area is 136 Å². The summed E-state index contributed by atoms with van der Waals surface area (Å²) in [6.07, 6.45) is 1.46. The van der Waals surface area contributed by atoms with Crippen molar-refractivity contribution in [2.24, 2.45) is 7.05 Å². The molecule has 1 aromatic heterocycles. The van der Waals surface area contributed by atoms with Crippen molar-refractivity contribution in [2.75, 3.05) is 5.32 Å². The highest BCUT2D eigenvalue weighted by Gasteiger charge is 2.51. The van der Waals surface area contributed by atoms with Crippen LogP contribution in [0.4, 0.5) is 10.1 Å². The fraction of sp³-hybridized carbons (Fsp3) is 0.222. The van der Waals surface area contributed by atoms with E-state index in [1.165, 1.54) is 16.7 Å². The lowest BCUT2D eigenvalue weighted by Crippen LogP contribution is -2.27. The highest BCUT2D eigenvalue weighted by atomic mass is 19.1. The van der Waals surface area contributed by atoms with Crippen LogP contribution >= 0.6 is 0 Å². The first-order valence-corrected chi connectivity index (χ1v) is 7.67. The number of aromatic nitrogens is 1. The number of carbonyl (C=O) groups excluding carboxylic acids is 1. The molecule has 1 amide bonds. The molecule has 0 saturated heterocycles. The Balaban J connectivity index is 1.62. The first-order valence-electron chi connectivity index (χ1n) is 7.67. The molecule has 5 nitrogen and oxygen atoms in total. The van der Waals surface area contributed by atoms with Crippen molar-refractivity contribution in [3.05, 3.63) is 64.4 Å². The Morgan fingerprint density at radius 1 is 1.21 bits per heavy atom. The van der Waals surface area contributed by atoms with Crippen LogP contribution in [0.25, 0.3) is 11.1 Å². The molecule has 0 radical (unpaired) electrons. The van der Waals surface area contributed by atoms with Crippen LogP contribution in [0.1, 0.15) is 18.4 Å². The molecule has 6 heteroatoms. The maximum Gasteiger partial charge on any atom is 0.419 e. The van der Waals surface area contributed by atoms with Gasteiger partial charge in [-0.1, -0.05) is 12.1 Å². The molecule has 0 aliphatic heterocycles. The lowest BCUT2D eigenvalue weighted by Gasteiger charge is -2.15. The topological polar surface area (TPSA) is 64.2 Å². The van der Waals surface area contributed by atoms with Gasteiger partial charge in [0.15, 0.2) is 5.58 Å². The molecule has 2 aromatic carbocycles. The number of benzene rings is 2. The Kier molecular flexibility index (Phi) is 3.09. The minimum Gasteiger partial charge on any atom is -0.408 e. The Hall–Kier alpha value is -2.89. The zero-order chi connectivity index (χ0) is 16.9. The van der Waals surface area contributed by atoms with E-state index in [-0.39, 0.29) is 11.7 Å². The van der Waals surface area contributed by atoms with Gasteiger partial charge in [0.25, 0.3) is 0 Å². The van der Waals surface area contributed by atoms with Gasteiger partial charge in [0.1, 0.15) is 5.82 Å². The van der Waals surface area contributed by atoms with Gasteiger partial charge >= 0.3 is 5.76 Å². The van der Waals surface area contributed by atoms with Crippen LogP contribution in [0.5, 0.6) is 0 Å². The average Bonchev–Trinajstić information content (AvgIpc) is 3.32. The van der Waals surface area contributed by atoms with Crippen LogP contribution in [0.3, 0.4) is 0 Å². The van der Waals surface area contributed by atoms with Gasteiger partial charge in [-0.3, -0.25) is 9.36 Å². The SMILES string of the molecule is Cn1c(=O)oc2cc(NC(=O)C3(c4ccc(F)cc4)CC3)ccc21. The summed E-state index contributed by atoms with van der Waals surface area (Å²) >= 11 is 0. The van der Waals surface area contributed by atoms with Crippen LogP contribution in [0.2, 0.25) is 0 Å². The second-order valence-corrected chi connectivity index (χ2v) is 6.15. The van der Waals surface area contributed by atoms with Gasteiger partial charge in [0.05, 0.1) is 10.9 Å². The highest BCUT2D eigenvalue weighted by molar-refractivity contribution is 6.02. The number of oxazole rings is 1. The summed E-state index contributed by atoms with van der Waals surface area (Å²) in [5.74, 6) is -0.898. The Bertz CT molecular complexity index is 997. The third kappa shape index (κ3) is 2.22. The molecule has 1 saturated carbocycles. The van der Waals surface area contributed by atoms with Crippen LogP contribution < -0.4 is 11.1 Å². The van der Waals surface area contributed by atoms with Gasteiger partial charge < -0.3 is 9.73 Å². The van der Waals surface area contributed by atoms with E-state index >= 15 is 0 Å². The van der Waals surface area contributed by atoms with Gasteiger partial charge in [-0.05, 0) is 42.7 Å². The van der Waals surface area contributed by atoms with Gasteiger partial charge in [-0.15, -0.1) is 0 Å². The van der Waals surface area contributed by atoms with Crippen molar-refractivity contribution in [1.29, 1.82) is 0 Å². The van der Waals surface area contributed by atoms with Gasteiger partial charge in [-0.25, -0.2) is 9.18 Å². The lowest BCUT2D eigenvalue weighted by molar-refractivity contribution is -0.118. The average molecular weight is 326 g/mol. The molecule has 1 aliphatic carbocycles. The number of anilines is 1. The minimum atomic E-state index is -0.597. The third-order valence-electron chi connectivity index (χ3n) is 4.63. The maximum atomic E-state index is 13.1. The fourth-order valence-electron chi connectivity index (χ4n) is 3.00. The third-order valence-corrected chi connectivity index (χ3v) is 4.63. The number of aryl methyl sites for hydroxylation is 1. The predicted octanol–water partition coefficient (Wildman–Crippen LogP) is 2.94. The van der Waals surface area contributed by atoms with E-state index in [2.05, 4.69) is 5.32 Å². The van der Waals surface area contributed by atoms with E-state index in [0.717, 1.165) is 18.4 Å². The molecule has 24 heavy (non-hydrogen) atoms. The molecule has 1 fully saturated rings. The number of nitrogens with one attached hydrogen (secondary N) is 1. The maximum absolute atomic E-state index is 13.1. The van der Waals surface area contributed by atoms with Crippen molar-refractivity contribution in [2.45, 2.75) is 18.3 Å². The van der Waals surface area contributed by atoms with Gasteiger partial charge in [0, 0.05) is 18.8 Å². The number of fused-ring (bicyclic) bond motifs is 1. The molecular formula is C18H15FN2O3. The summed E-state index contributed by atoms with van der Waals surface area (Å²) < 4.78 is 19.6. The summed E-state index contributed by atoms with van der Waals surface area (Å²) in [6, 6.07) is 11.1. The molecule has 0 spiro atoms. The van der Waals surface area contributed by atoms with Gasteiger partial charge in [0.2, 0.25) is 5.91 Å². The molecule has 0 unspecified atom stereocenters. The van der Waals surface area contributed by atoms with Crippen LogP contribution in [-0.2, 0) is 17.3 Å². The predicted molar refractivity (Wildman–Crippen MR) is 87.4 cm³/mol. The summed E-state index contributed by atoms with van der Waals surface area (Å²) in [6.45, 7) is 0. The van der Waals surface area contributed by atoms with E-state index in [0.29, 0.717) is 16.8 Å². The van der Waals surface area contributed by atoms with Crippen molar-refractivity contribution >= 4 is 22.7 Å². The van der Waals surface area contributed by atoms with Gasteiger partial charge in [-0.2, -0.15) is 0 Å². The molecule has 3 aromatic rings. The first kappa shape index (κ1) is 14.7. The molecule has 4 rings (SSSR count). The lowest BCUT2D eigenvalue weighted by atomic mass is 9.95. The largest absolute Gasteiger partial charge is 0.419 e. The number of hydrogen-bond acceptors (Lipinski definition) is 3. The second kappa shape index (κ2) is 5.06. The summed E-state index contributed by atoms with van der Waals surface area (Å²) in [7, 11) is 1.63. The van der Waals surface area contributed by atoms with E-state index < -0.39 is 11.2 Å². The fourth-order valence-corrected chi connectivity index (χ4v) is 3.00. The van der Waals surface area contributed by atoms with E-state index in [9.17, 15) is 14.0 Å². The van der Waals surface area contributed by atoms with Crippen molar-refractivity contribution < 1.29 is 13.6 Å². The smallest absolute Gasteiger partial charge is 0.408 e. The van der Waals surface area contributed by atoms with Crippen molar-refractivity contribution in [3.63, 3.8) is 0 Å². The van der Waals surface area contributed by atoms with Crippen molar-refractivity contribution in [1.82, 2.24) is 4.57 Å².